The van der Waals surface area contributed by atoms with Crippen LogP contribution in [0.5, 0.6) is 5.75 Å². The van der Waals surface area contributed by atoms with Gasteiger partial charge in [0, 0.05) is 18.0 Å². The van der Waals surface area contributed by atoms with E-state index >= 15 is 0 Å². The van der Waals surface area contributed by atoms with Crippen LogP contribution in [-0.4, -0.2) is 31.5 Å². The van der Waals surface area contributed by atoms with Crippen molar-refractivity contribution >= 4 is 11.8 Å². The first-order chi connectivity index (χ1) is 14.6. The zero-order valence-electron chi connectivity index (χ0n) is 17.7. The monoisotopic (exact) mass is 406 g/mol. The van der Waals surface area contributed by atoms with Gasteiger partial charge in [-0.3, -0.25) is 9.59 Å². The van der Waals surface area contributed by atoms with Crippen LogP contribution >= 0.6 is 0 Å². The maximum Gasteiger partial charge on any atom is 0.255 e. The van der Waals surface area contributed by atoms with Gasteiger partial charge in [0.15, 0.2) is 0 Å². The quantitative estimate of drug-likeness (QED) is 0.683. The Morgan fingerprint density at radius 3 is 2.40 bits per heavy atom. The molecule has 2 aromatic carbocycles. The van der Waals surface area contributed by atoms with Gasteiger partial charge in [-0.15, -0.1) is 0 Å². The number of hydrogen-bond acceptors (Lipinski definition) is 3. The van der Waals surface area contributed by atoms with Crippen LogP contribution in [0.15, 0.2) is 66.7 Å². The lowest BCUT2D eigenvalue weighted by molar-refractivity contribution is -0.117. The van der Waals surface area contributed by atoms with Crippen molar-refractivity contribution in [3.63, 3.8) is 0 Å². The Hall–Kier alpha value is -3.08. The van der Waals surface area contributed by atoms with E-state index in [0.29, 0.717) is 17.9 Å². The second kappa shape index (κ2) is 10.1. The summed E-state index contributed by atoms with van der Waals surface area (Å²) in [6.07, 6.45) is 6.85. The summed E-state index contributed by atoms with van der Waals surface area (Å²) in [5.41, 5.74) is 1.61. The molecule has 1 aliphatic rings. The van der Waals surface area contributed by atoms with Gasteiger partial charge >= 0.3 is 0 Å². The van der Waals surface area contributed by atoms with E-state index in [1.807, 2.05) is 37.3 Å². The van der Waals surface area contributed by atoms with Gasteiger partial charge in [-0.05, 0) is 56.4 Å². The van der Waals surface area contributed by atoms with Gasteiger partial charge in [0.05, 0.1) is 12.7 Å². The molecule has 0 atom stereocenters. The van der Waals surface area contributed by atoms with Gasteiger partial charge in [-0.1, -0.05) is 48.5 Å². The largest absolute Gasteiger partial charge is 0.496 e. The first kappa shape index (κ1) is 21.6. The minimum atomic E-state index is -0.152. The van der Waals surface area contributed by atoms with E-state index in [1.165, 1.54) is 5.56 Å². The Labute approximate surface area is 178 Å². The number of carbonyl (C=O) groups excluding carboxylic acids is 2. The number of nitrogens with one attached hydrogen (secondary N) is 2. The molecule has 0 heterocycles. The molecule has 0 saturated heterocycles. The number of hydrogen-bond donors (Lipinski definition) is 2. The average Bonchev–Trinajstić information content (AvgIpc) is 2.79. The predicted octanol–water partition coefficient (Wildman–Crippen LogP) is 4.00. The minimum Gasteiger partial charge on any atom is -0.496 e. The molecule has 0 aliphatic heterocycles. The Bertz CT molecular complexity index is 884. The molecule has 158 valence electrons. The average molecular weight is 407 g/mol. The maximum absolute atomic E-state index is 12.9. The number of allylic oxidation sites excluding steroid dienone is 1. The molecule has 2 amide bonds. The fourth-order valence-electron chi connectivity index (χ4n) is 4.25. The van der Waals surface area contributed by atoms with E-state index in [0.717, 1.165) is 25.7 Å². The molecule has 2 aromatic rings. The van der Waals surface area contributed by atoms with E-state index in [2.05, 4.69) is 22.8 Å². The molecule has 0 radical (unpaired) electrons. The number of benzene rings is 2. The molecule has 2 N–H and O–H groups in total. The number of rotatable bonds is 7. The number of amides is 2. The fraction of sp³-hybridized carbons (Fsp3) is 0.360. The number of carbonyl (C=O) groups is 2. The van der Waals surface area contributed by atoms with Crippen molar-refractivity contribution in [2.24, 2.45) is 0 Å². The molecule has 30 heavy (non-hydrogen) atoms. The Morgan fingerprint density at radius 1 is 1.07 bits per heavy atom. The van der Waals surface area contributed by atoms with Crippen LogP contribution in [0.4, 0.5) is 0 Å². The lowest BCUT2D eigenvalue weighted by Gasteiger charge is -2.41. The molecule has 1 saturated carbocycles. The molecule has 3 rings (SSSR count). The van der Waals surface area contributed by atoms with Gasteiger partial charge in [0.25, 0.3) is 5.91 Å². The standard InChI is InChI=1S/C25H30N2O3/c1-3-9-23(28)27-20-14-16-25(17-15-20,19-10-5-4-6-11-19)18-26-24(29)21-12-7-8-13-22(21)30-2/h3-13,20H,14-18H2,1-2H3,(H,26,29)(H,27,28)/b9-3+. The van der Waals surface area contributed by atoms with Gasteiger partial charge in [-0.2, -0.15) is 0 Å². The molecule has 0 bridgehead atoms. The van der Waals surface area contributed by atoms with Gasteiger partial charge in [0.1, 0.15) is 5.75 Å². The highest BCUT2D eigenvalue weighted by Crippen LogP contribution is 2.39. The summed E-state index contributed by atoms with van der Waals surface area (Å²) in [6, 6.07) is 17.8. The topological polar surface area (TPSA) is 67.4 Å². The first-order valence-corrected chi connectivity index (χ1v) is 10.5. The van der Waals surface area contributed by atoms with Crippen LogP contribution in [-0.2, 0) is 10.2 Å². The highest BCUT2D eigenvalue weighted by atomic mass is 16.5. The highest BCUT2D eigenvalue weighted by Gasteiger charge is 2.37. The van der Waals surface area contributed by atoms with E-state index < -0.39 is 0 Å². The molecule has 5 nitrogen and oxygen atoms in total. The number of para-hydroxylation sites is 1. The van der Waals surface area contributed by atoms with Crippen molar-refractivity contribution in [2.75, 3.05) is 13.7 Å². The molecule has 0 aromatic heterocycles. The van der Waals surface area contributed by atoms with Crippen LogP contribution in [0, 0.1) is 0 Å². The molecular formula is C25H30N2O3. The van der Waals surface area contributed by atoms with Crippen LogP contribution in [0.3, 0.4) is 0 Å². The predicted molar refractivity (Wildman–Crippen MR) is 119 cm³/mol. The second-order valence-corrected chi connectivity index (χ2v) is 7.81. The van der Waals surface area contributed by atoms with Crippen LogP contribution in [0.25, 0.3) is 0 Å². The molecular weight excluding hydrogens is 376 g/mol. The van der Waals surface area contributed by atoms with Crippen molar-refractivity contribution in [2.45, 2.75) is 44.1 Å². The van der Waals surface area contributed by atoms with Crippen molar-refractivity contribution < 1.29 is 14.3 Å². The van der Waals surface area contributed by atoms with Crippen molar-refractivity contribution in [3.8, 4) is 5.75 Å². The van der Waals surface area contributed by atoms with Gasteiger partial charge < -0.3 is 15.4 Å². The summed E-state index contributed by atoms with van der Waals surface area (Å²) in [6.45, 7) is 2.38. The Morgan fingerprint density at radius 2 is 1.73 bits per heavy atom. The van der Waals surface area contributed by atoms with Crippen molar-refractivity contribution in [1.29, 1.82) is 0 Å². The SMILES string of the molecule is C/C=C/C(=O)NC1CCC(CNC(=O)c2ccccc2OC)(c2ccccc2)CC1. The summed E-state index contributed by atoms with van der Waals surface area (Å²) in [5.74, 6) is 0.393. The molecule has 0 unspecified atom stereocenters. The second-order valence-electron chi connectivity index (χ2n) is 7.81. The lowest BCUT2D eigenvalue weighted by atomic mass is 9.68. The van der Waals surface area contributed by atoms with Gasteiger partial charge in [0.2, 0.25) is 5.91 Å². The first-order valence-electron chi connectivity index (χ1n) is 10.5. The lowest BCUT2D eigenvalue weighted by Crippen LogP contribution is -2.47. The summed E-state index contributed by atoms with van der Waals surface area (Å²) >= 11 is 0. The smallest absolute Gasteiger partial charge is 0.255 e. The zero-order valence-corrected chi connectivity index (χ0v) is 17.7. The molecule has 1 fully saturated rings. The summed E-state index contributed by atoms with van der Waals surface area (Å²) < 4.78 is 5.33. The van der Waals surface area contributed by atoms with E-state index in [1.54, 1.807) is 31.4 Å². The van der Waals surface area contributed by atoms with Crippen molar-refractivity contribution in [3.05, 3.63) is 77.9 Å². The van der Waals surface area contributed by atoms with Crippen LogP contribution < -0.4 is 15.4 Å². The molecule has 1 aliphatic carbocycles. The van der Waals surface area contributed by atoms with Crippen LogP contribution in [0.2, 0.25) is 0 Å². The van der Waals surface area contributed by atoms with E-state index in [4.69, 9.17) is 4.74 Å². The third kappa shape index (κ3) is 5.09. The Kier molecular flexibility index (Phi) is 7.28. The van der Waals surface area contributed by atoms with E-state index in [9.17, 15) is 9.59 Å². The van der Waals surface area contributed by atoms with E-state index in [-0.39, 0.29) is 23.3 Å². The third-order valence-corrected chi connectivity index (χ3v) is 5.93. The maximum atomic E-state index is 12.9. The highest BCUT2D eigenvalue weighted by molar-refractivity contribution is 5.97. The minimum absolute atomic E-state index is 0.0424. The summed E-state index contributed by atoms with van der Waals surface area (Å²) in [4.78, 5) is 24.8. The number of ether oxygens (including phenoxy) is 1. The summed E-state index contributed by atoms with van der Waals surface area (Å²) in [5, 5.41) is 6.23. The zero-order chi connectivity index (χ0) is 21.4. The van der Waals surface area contributed by atoms with Crippen molar-refractivity contribution in [1.82, 2.24) is 10.6 Å². The third-order valence-electron chi connectivity index (χ3n) is 5.93. The van der Waals surface area contributed by atoms with Gasteiger partial charge in [-0.25, -0.2) is 0 Å². The number of methoxy groups -OCH3 is 1. The Balaban J connectivity index is 1.73. The molecule has 5 heteroatoms. The summed E-state index contributed by atoms with van der Waals surface area (Å²) in [7, 11) is 1.57. The normalized spacial score (nSPS) is 21.2. The van der Waals surface area contributed by atoms with Crippen LogP contribution in [0.1, 0.15) is 48.5 Å². The fourth-order valence-corrected chi connectivity index (χ4v) is 4.25. The molecule has 0 spiro atoms.